The standard InChI is InChI=1S/C19H24ClNO4.ClH/c1-23-19-12-15(13-21-8-10-24-11-9-22)6-7-18(19)25-14-16-4-2-3-5-17(16)20;/h2-7,12,21-22H,8-11,13-14H2,1H3;1H. The van der Waals surface area contributed by atoms with Gasteiger partial charge in [-0.2, -0.15) is 0 Å². The van der Waals surface area contributed by atoms with Crippen molar-refractivity contribution in [3.8, 4) is 11.5 Å². The van der Waals surface area contributed by atoms with Gasteiger partial charge in [0.05, 0.1) is 26.9 Å². The molecule has 0 aromatic heterocycles. The van der Waals surface area contributed by atoms with Crippen molar-refractivity contribution in [1.29, 1.82) is 0 Å². The topological polar surface area (TPSA) is 60.0 Å². The van der Waals surface area contributed by atoms with E-state index in [9.17, 15) is 0 Å². The maximum Gasteiger partial charge on any atom is 0.161 e. The van der Waals surface area contributed by atoms with Gasteiger partial charge in [-0.05, 0) is 23.8 Å². The maximum atomic E-state index is 8.64. The van der Waals surface area contributed by atoms with Gasteiger partial charge in [-0.1, -0.05) is 35.9 Å². The molecule has 0 aliphatic heterocycles. The number of methoxy groups -OCH3 is 1. The molecule has 2 aromatic carbocycles. The number of aliphatic hydroxyl groups is 1. The molecule has 0 heterocycles. The summed E-state index contributed by atoms with van der Waals surface area (Å²) < 4.78 is 16.5. The van der Waals surface area contributed by atoms with Gasteiger partial charge in [0.1, 0.15) is 6.61 Å². The Kier molecular flexibility index (Phi) is 11.1. The Labute approximate surface area is 165 Å². The molecule has 0 atom stereocenters. The van der Waals surface area contributed by atoms with E-state index in [1.165, 1.54) is 0 Å². The Morgan fingerprint density at radius 3 is 2.62 bits per heavy atom. The summed E-state index contributed by atoms with van der Waals surface area (Å²) in [5.41, 5.74) is 2.02. The quantitative estimate of drug-likeness (QED) is 0.564. The van der Waals surface area contributed by atoms with E-state index in [-0.39, 0.29) is 19.0 Å². The molecular formula is C19H25Cl2NO4. The minimum absolute atomic E-state index is 0. The number of nitrogens with one attached hydrogen (secondary N) is 1. The number of hydrogen-bond donors (Lipinski definition) is 2. The molecule has 0 aliphatic carbocycles. The van der Waals surface area contributed by atoms with E-state index in [0.717, 1.165) is 11.1 Å². The molecule has 0 amide bonds. The number of rotatable bonds is 11. The molecule has 0 spiro atoms. The summed E-state index contributed by atoms with van der Waals surface area (Å²) in [4.78, 5) is 0. The summed E-state index contributed by atoms with van der Waals surface area (Å²) in [5, 5.41) is 12.6. The maximum absolute atomic E-state index is 8.64. The van der Waals surface area contributed by atoms with Gasteiger partial charge in [-0.3, -0.25) is 0 Å². The number of ether oxygens (including phenoxy) is 3. The van der Waals surface area contributed by atoms with Gasteiger partial charge >= 0.3 is 0 Å². The second kappa shape index (κ2) is 12.8. The molecule has 0 bridgehead atoms. The van der Waals surface area contributed by atoms with Crippen LogP contribution >= 0.6 is 24.0 Å². The molecule has 0 unspecified atom stereocenters. The summed E-state index contributed by atoms with van der Waals surface area (Å²) in [6.07, 6.45) is 0. The highest BCUT2D eigenvalue weighted by Crippen LogP contribution is 2.29. The fourth-order valence-electron chi connectivity index (χ4n) is 2.26. The van der Waals surface area contributed by atoms with Crippen molar-refractivity contribution in [2.24, 2.45) is 0 Å². The molecule has 2 N–H and O–H groups in total. The second-order valence-corrected chi connectivity index (χ2v) is 5.79. The predicted molar refractivity (Wildman–Crippen MR) is 106 cm³/mol. The summed E-state index contributed by atoms with van der Waals surface area (Å²) in [6, 6.07) is 13.4. The molecule has 2 aromatic rings. The minimum atomic E-state index is 0. The molecule has 0 aliphatic rings. The van der Waals surface area contributed by atoms with Crippen LogP contribution in [0, 0.1) is 0 Å². The van der Waals surface area contributed by atoms with Crippen LogP contribution < -0.4 is 14.8 Å². The average molecular weight is 402 g/mol. The lowest BCUT2D eigenvalue weighted by Gasteiger charge is -2.13. The van der Waals surface area contributed by atoms with Gasteiger partial charge in [0.2, 0.25) is 0 Å². The fourth-order valence-corrected chi connectivity index (χ4v) is 2.45. The van der Waals surface area contributed by atoms with Gasteiger partial charge in [0.25, 0.3) is 0 Å². The zero-order chi connectivity index (χ0) is 17.9. The van der Waals surface area contributed by atoms with Crippen molar-refractivity contribution < 1.29 is 19.3 Å². The first-order valence-corrected chi connectivity index (χ1v) is 8.55. The molecule has 0 saturated carbocycles. The Bertz CT molecular complexity index is 655. The third-order valence-corrected chi connectivity index (χ3v) is 3.93. The van der Waals surface area contributed by atoms with Gasteiger partial charge in [0, 0.05) is 23.7 Å². The van der Waals surface area contributed by atoms with Crippen LogP contribution in [-0.2, 0) is 17.9 Å². The fraction of sp³-hybridized carbons (Fsp3) is 0.368. The van der Waals surface area contributed by atoms with E-state index in [4.69, 9.17) is 30.9 Å². The number of benzene rings is 2. The minimum Gasteiger partial charge on any atom is -0.493 e. The van der Waals surface area contributed by atoms with Crippen molar-refractivity contribution in [3.63, 3.8) is 0 Å². The number of hydrogen-bond acceptors (Lipinski definition) is 5. The van der Waals surface area contributed by atoms with E-state index in [2.05, 4.69) is 5.32 Å². The molecule has 7 heteroatoms. The third kappa shape index (κ3) is 7.40. The first-order valence-electron chi connectivity index (χ1n) is 8.17. The lowest BCUT2D eigenvalue weighted by atomic mass is 10.2. The zero-order valence-electron chi connectivity index (χ0n) is 14.7. The second-order valence-electron chi connectivity index (χ2n) is 5.38. The normalized spacial score (nSPS) is 10.3. The van der Waals surface area contributed by atoms with Gasteiger partial charge in [-0.15, -0.1) is 12.4 Å². The summed E-state index contributed by atoms with van der Waals surface area (Å²) in [6.45, 7) is 2.78. The lowest BCUT2D eigenvalue weighted by molar-refractivity contribution is 0.0938. The van der Waals surface area contributed by atoms with Crippen LogP contribution in [0.3, 0.4) is 0 Å². The third-order valence-electron chi connectivity index (χ3n) is 3.56. The highest BCUT2D eigenvalue weighted by atomic mass is 35.5. The summed E-state index contributed by atoms with van der Waals surface area (Å²) >= 11 is 6.15. The molecule has 5 nitrogen and oxygen atoms in total. The van der Waals surface area contributed by atoms with Crippen LogP contribution in [0.1, 0.15) is 11.1 Å². The number of halogens is 2. The van der Waals surface area contributed by atoms with Crippen molar-refractivity contribution in [1.82, 2.24) is 5.32 Å². The van der Waals surface area contributed by atoms with E-state index >= 15 is 0 Å². The molecule has 26 heavy (non-hydrogen) atoms. The van der Waals surface area contributed by atoms with E-state index in [1.54, 1.807) is 7.11 Å². The Balaban J connectivity index is 0.00000338. The first kappa shape index (κ1) is 22.5. The molecule has 2 rings (SSSR count). The van der Waals surface area contributed by atoms with Gasteiger partial charge < -0.3 is 24.6 Å². The van der Waals surface area contributed by atoms with Crippen molar-refractivity contribution >= 4 is 24.0 Å². The van der Waals surface area contributed by atoms with Gasteiger partial charge in [0.15, 0.2) is 11.5 Å². The van der Waals surface area contributed by atoms with Gasteiger partial charge in [-0.25, -0.2) is 0 Å². The van der Waals surface area contributed by atoms with Crippen molar-refractivity contribution in [2.45, 2.75) is 13.2 Å². The van der Waals surface area contributed by atoms with E-state index in [1.807, 2.05) is 42.5 Å². The largest absolute Gasteiger partial charge is 0.493 e. The smallest absolute Gasteiger partial charge is 0.161 e. The summed E-state index contributed by atoms with van der Waals surface area (Å²) in [7, 11) is 1.62. The van der Waals surface area contributed by atoms with Crippen LogP contribution in [0.2, 0.25) is 5.02 Å². The number of aliphatic hydroxyl groups excluding tert-OH is 1. The van der Waals surface area contributed by atoms with E-state index in [0.29, 0.717) is 49.4 Å². The first-order chi connectivity index (χ1) is 12.2. The van der Waals surface area contributed by atoms with Crippen LogP contribution in [0.4, 0.5) is 0 Å². The Morgan fingerprint density at radius 1 is 1.08 bits per heavy atom. The highest BCUT2D eigenvalue weighted by molar-refractivity contribution is 6.31. The van der Waals surface area contributed by atoms with Crippen molar-refractivity contribution in [2.75, 3.05) is 33.5 Å². The van der Waals surface area contributed by atoms with E-state index < -0.39 is 0 Å². The van der Waals surface area contributed by atoms with Crippen molar-refractivity contribution in [3.05, 3.63) is 58.6 Å². The Hall–Kier alpha value is -1.50. The van der Waals surface area contributed by atoms with Crippen LogP contribution in [-0.4, -0.2) is 38.6 Å². The molecule has 144 valence electrons. The lowest BCUT2D eigenvalue weighted by Crippen LogP contribution is -2.20. The van der Waals surface area contributed by atoms with Crippen LogP contribution in [0.25, 0.3) is 0 Å². The Morgan fingerprint density at radius 2 is 1.88 bits per heavy atom. The molecule has 0 fully saturated rings. The zero-order valence-corrected chi connectivity index (χ0v) is 16.3. The SMILES string of the molecule is COc1cc(CNCCOCCO)ccc1OCc1ccccc1Cl.Cl. The molecule has 0 saturated heterocycles. The van der Waals surface area contributed by atoms with Crippen LogP contribution in [0.15, 0.2) is 42.5 Å². The van der Waals surface area contributed by atoms with Crippen LogP contribution in [0.5, 0.6) is 11.5 Å². The highest BCUT2D eigenvalue weighted by Gasteiger charge is 2.07. The molecule has 0 radical (unpaired) electrons. The summed E-state index contributed by atoms with van der Waals surface area (Å²) in [5.74, 6) is 1.36. The molecular weight excluding hydrogens is 377 g/mol. The predicted octanol–water partition coefficient (Wildman–Crippen LogP) is 3.45. The monoisotopic (exact) mass is 401 g/mol. The average Bonchev–Trinajstić information content (AvgIpc) is 2.64.